The minimum atomic E-state index is -4.11. The van der Waals surface area contributed by atoms with Gasteiger partial charge in [-0.1, -0.05) is 0 Å². The zero-order chi connectivity index (χ0) is 21.4. The molecule has 9 heteroatoms. The van der Waals surface area contributed by atoms with Crippen molar-refractivity contribution in [1.82, 2.24) is 20.5 Å². The Kier molecular flexibility index (Phi) is 8.18. The van der Waals surface area contributed by atoms with Gasteiger partial charge in [0.15, 0.2) is 5.96 Å². The third-order valence-corrected chi connectivity index (χ3v) is 5.60. The number of guanidine groups is 1. The number of rotatable bonds is 9. The van der Waals surface area contributed by atoms with Crippen LogP contribution in [0, 0.1) is 11.8 Å². The number of likely N-dealkylation sites (tertiary alicyclic amines) is 1. The normalized spacial score (nSPS) is 19.0. The van der Waals surface area contributed by atoms with Gasteiger partial charge in [0.05, 0.1) is 13.2 Å². The van der Waals surface area contributed by atoms with Gasteiger partial charge in [-0.25, -0.2) is 4.98 Å². The molecule has 2 heterocycles. The van der Waals surface area contributed by atoms with Crippen molar-refractivity contribution >= 4 is 5.96 Å². The highest BCUT2D eigenvalue weighted by molar-refractivity contribution is 5.79. The summed E-state index contributed by atoms with van der Waals surface area (Å²) in [7, 11) is 1.72. The number of pyridine rings is 1. The number of nitrogens with one attached hydrogen (secondary N) is 2. The Morgan fingerprint density at radius 1 is 1.20 bits per heavy atom. The van der Waals surface area contributed by atoms with Gasteiger partial charge in [-0.3, -0.25) is 9.89 Å². The van der Waals surface area contributed by atoms with E-state index in [9.17, 15) is 13.2 Å². The molecule has 1 aliphatic carbocycles. The topological polar surface area (TPSA) is 61.8 Å². The number of aromatic nitrogens is 1. The maximum Gasteiger partial charge on any atom is 0.401 e. The molecule has 1 saturated carbocycles. The molecule has 0 bridgehead atoms. The van der Waals surface area contributed by atoms with Crippen molar-refractivity contribution < 1.29 is 17.9 Å². The molecule has 0 aromatic carbocycles. The summed E-state index contributed by atoms with van der Waals surface area (Å²) < 4.78 is 43.1. The molecule has 0 spiro atoms. The summed E-state index contributed by atoms with van der Waals surface area (Å²) in [5.74, 6) is 2.50. The molecule has 168 valence electrons. The number of hydrogen-bond donors (Lipinski definition) is 2. The fraction of sp³-hybridized carbons (Fsp3) is 0.714. The first kappa shape index (κ1) is 22.7. The van der Waals surface area contributed by atoms with E-state index < -0.39 is 12.7 Å². The molecular weight excluding hydrogens is 395 g/mol. The van der Waals surface area contributed by atoms with Gasteiger partial charge in [0.25, 0.3) is 0 Å². The highest BCUT2D eigenvalue weighted by Gasteiger charge is 2.32. The van der Waals surface area contributed by atoms with Crippen LogP contribution in [0.2, 0.25) is 0 Å². The van der Waals surface area contributed by atoms with Crippen LogP contribution in [0.25, 0.3) is 0 Å². The van der Waals surface area contributed by atoms with Crippen LogP contribution in [0.15, 0.2) is 23.3 Å². The van der Waals surface area contributed by atoms with Gasteiger partial charge in [-0.05, 0) is 68.7 Å². The van der Waals surface area contributed by atoms with Gasteiger partial charge in [-0.15, -0.1) is 0 Å². The van der Waals surface area contributed by atoms with Gasteiger partial charge >= 0.3 is 6.18 Å². The van der Waals surface area contributed by atoms with E-state index in [4.69, 9.17) is 4.74 Å². The number of aliphatic imine (C=N–C) groups is 1. The van der Waals surface area contributed by atoms with Gasteiger partial charge in [0, 0.05) is 32.4 Å². The lowest BCUT2D eigenvalue weighted by Gasteiger charge is -2.32. The van der Waals surface area contributed by atoms with Crippen molar-refractivity contribution in [1.29, 1.82) is 0 Å². The Balaban J connectivity index is 1.32. The van der Waals surface area contributed by atoms with Crippen molar-refractivity contribution in [3.8, 4) is 5.88 Å². The molecule has 0 amide bonds. The highest BCUT2D eigenvalue weighted by atomic mass is 19.4. The quantitative estimate of drug-likeness (QED) is 0.468. The maximum absolute atomic E-state index is 12.5. The Hall–Kier alpha value is -2.03. The smallest absolute Gasteiger partial charge is 0.401 e. The summed E-state index contributed by atoms with van der Waals surface area (Å²) in [4.78, 5) is 10.00. The van der Waals surface area contributed by atoms with Crippen LogP contribution in [-0.4, -0.2) is 61.9 Å². The maximum atomic E-state index is 12.5. The third kappa shape index (κ3) is 8.38. The van der Waals surface area contributed by atoms with Crippen molar-refractivity contribution in [3.63, 3.8) is 0 Å². The van der Waals surface area contributed by atoms with Crippen LogP contribution in [0.4, 0.5) is 13.2 Å². The molecule has 2 aliphatic rings. The van der Waals surface area contributed by atoms with Gasteiger partial charge in [0.1, 0.15) is 0 Å². The molecule has 30 heavy (non-hydrogen) atoms. The molecule has 2 N–H and O–H groups in total. The summed E-state index contributed by atoms with van der Waals surface area (Å²) in [5, 5.41) is 6.58. The summed E-state index contributed by atoms with van der Waals surface area (Å²) in [6, 6.07) is 3.89. The number of alkyl halides is 3. The molecule has 1 aromatic heterocycles. The Bertz CT molecular complexity index is 685. The molecule has 1 saturated heterocycles. The summed E-state index contributed by atoms with van der Waals surface area (Å²) in [5.41, 5.74) is 1.07. The van der Waals surface area contributed by atoms with E-state index in [2.05, 4.69) is 20.6 Å². The van der Waals surface area contributed by atoms with E-state index >= 15 is 0 Å². The predicted molar refractivity (Wildman–Crippen MR) is 110 cm³/mol. The standard InChI is InChI=1S/C21H32F3N5O/c1-25-20(27-9-4-16-6-10-29(11-7-16)15-21(22,23)24)28-13-18-5-8-26-19(12-18)30-14-17-2-3-17/h5,8,12,16-17H,2-4,6-7,9-11,13-15H2,1H3,(H2,25,27,28). The fourth-order valence-corrected chi connectivity index (χ4v) is 3.61. The largest absolute Gasteiger partial charge is 0.477 e. The Morgan fingerprint density at radius 2 is 1.97 bits per heavy atom. The van der Waals surface area contributed by atoms with E-state index in [0.717, 1.165) is 38.0 Å². The molecular formula is C21H32F3N5O. The number of ether oxygens (including phenoxy) is 1. The van der Waals surface area contributed by atoms with Gasteiger partial charge in [0.2, 0.25) is 5.88 Å². The summed E-state index contributed by atoms with van der Waals surface area (Å²) >= 11 is 0. The molecule has 0 unspecified atom stereocenters. The van der Waals surface area contributed by atoms with Crippen LogP contribution < -0.4 is 15.4 Å². The van der Waals surface area contributed by atoms with Crippen LogP contribution in [0.1, 0.15) is 37.7 Å². The highest BCUT2D eigenvalue weighted by Crippen LogP contribution is 2.29. The zero-order valence-corrected chi connectivity index (χ0v) is 17.5. The summed E-state index contributed by atoms with van der Waals surface area (Å²) in [6.07, 6.45) is 2.68. The second-order valence-electron chi connectivity index (χ2n) is 8.23. The fourth-order valence-electron chi connectivity index (χ4n) is 3.61. The van der Waals surface area contributed by atoms with Crippen molar-refractivity contribution in [2.24, 2.45) is 16.8 Å². The van der Waals surface area contributed by atoms with E-state index in [1.807, 2.05) is 12.1 Å². The van der Waals surface area contributed by atoms with E-state index in [0.29, 0.717) is 43.3 Å². The molecule has 0 atom stereocenters. The number of halogens is 3. The number of piperidine rings is 1. The first-order valence-corrected chi connectivity index (χ1v) is 10.7. The molecule has 1 aliphatic heterocycles. The van der Waals surface area contributed by atoms with Crippen LogP contribution in [-0.2, 0) is 6.54 Å². The molecule has 3 rings (SSSR count). The zero-order valence-electron chi connectivity index (χ0n) is 17.5. The van der Waals surface area contributed by atoms with Gasteiger partial charge < -0.3 is 15.4 Å². The number of nitrogens with zero attached hydrogens (tertiary/aromatic N) is 3. The minimum absolute atomic E-state index is 0.450. The molecule has 0 radical (unpaired) electrons. The van der Waals surface area contributed by atoms with Crippen molar-refractivity contribution in [3.05, 3.63) is 23.9 Å². The Labute approximate surface area is 176 Å². The van der Waals surface area contributed by atoms with Crippen LogP contribution >= 0.6 is 0 Å². The predicted octanol–water partition coefficient (Wildman–Crippen LogP) is 3.20. The van der Waals surface area contributed by atoms with Crippen LogP contribution in [0.3, 0.4) is 0 Å². The monoisotopic (exact) mass is 427 g/mol. The van der Waals surface area contributed by atoms with E-state index in [-0.39, 0.29) is 0 Å². The number of hydrogen-bond acceptors (Lipinski definition) is 4. The second kappa shape index (κ2) is 10.8. The molecule has 6 nitrogen and oxygen atoms in total. The third-order valence-electron chi connectivity index (χ3n) is 5.60. The van der Waals surface area contributed by atoms with Crippen LogP contribution in [0.5, 0.6) is 5.88 Å². The molecule has 1 aromatic rings. The second-order valence-corrected chi connectivity index (χ2v) is 8.23. The van der Waals surface area contributed by atoms with Gasteiger partial charge in [-0.2, -0.15) is 13.2 Å². The average Bonchev–Trinajstić information content (AvgIpc) is 3.54. The lowest BCUT2D eigenvalue weighted by molar-refractivity contribution is -0.148. The van der Waals surface area contributed by atoms with Crippen molar-refractivity contribution in [2.45, 2.75) is 44.8 Å². The lowest BCUT2D eigenvalue weighted by atomic mass is 9.93. The van der Waals surface area contributed by atoms with E-state index in [1.54, 1.807) is 13.2 Å². The van der Waals surface area contributed by atoms with E-state index in [1.165, 1.54) is 17.7 Å². The summed E-state index contributed by atoms with van der Waals surface area (Å²) in [6.45, 7) is 2.33. The SMILES string of the molecule is CN=C(NCCC1CCN(CC(F)(F)F)CC1)NCc1ccnc(OCC2CC2)c1. The molecule has 2 fully saturated rings. The lowest BCUT2D eigenvalue weighted by Crippen LogP contribution is -2.41. The Morgan fingerprint density at radius 3 is 2.63 bits per heavy atom. The average molecular weight is 428 g/mol. The minimum Gasteiger partial charge on any atom is -0.477 e. The van der Waals surface area contributed by atoms with Crippen molar-refractivity contribution in [2.75, 3.05) is 39.8 Å². The first-order valence-electron chi connectivity index (χ1n) is 10.7. The first-order chi connectivity index (χ1) is 14.4.